The predicted molar refractivity (Wildman–Crippen MR) is 200 cm³/mol. The molecule has 0 amide bonds. The lowest BCUT2D eigenvalue weighted by Gasteiger charge is -2.50. The topological polar surface area (TPSA) is 0 Å². The first kappa shape index (κ1) is 31.5. The van der Waals surface area contributed by atoms with Gasteiger partial charge in [-0.3, -0.25) is 0 Å². The van der Waals surface area contributed by atoms with Gasteiger partial charge < -0.3 is 0 Å². The standard InChI is InChI=1S/C44H53I/c1-5-7-25-42(3,4)33-18-19-35(28-33)44(31-14-10-8-11-15-31,32-16-12-9-13-17-32)41-39-29-34(43(24-6-2)26-27-43)20-22-37(39)38-23-21-36(45)30-40(38)41/h5,8-17,20-23,29-30,33,35,37-41H,1,6-7,18-19,24-28H2,2-4H3. The summed E-state index contributed by atoms with van der Waals surface area (Å²) in [4.78, 5) is 0. The van der Waals surface area contributed by atoms with E-state index in [1.54, 1.807) is 16.7 Å². The van der Waals surface area contributed by atoms with Crippen LogP contribution < -0.4 is 0 Å². The van der Waals surface area contributed by atoms with E-state index < -0.39 is 0 Å². The van der Waals surface area contributed by atoms with Crippen molar-refractivity contribution in [1.29, 1.82) is 0 Å². The molecule has 1 heteroatoms. The minimum absolute atomic E-state index is 0.0546. The molecule has 0 saturated heterocycles. The van der Waals surface area contributed by atoms with Crippen LogP contribution in [0.3, 0.4) is 0 Å². The Balaban J connectivity index is 1.43. The molecule has 0 heterocycles. The largest absolute Gasteiger partial charge is 0.103 e. The third-order valence-electron chi connectivity index (χ3n) is 13.3. The highest BCUT2D eigenvalue weighted by Gasteiger charge is 2.62. The lowest BCUT2D eigenvalue weighted by atomic mass is 9.52. The van der Waals surface area contributed by atoms with Gasteiger partial charge in [0.15, 0.2) is 0 Å². The number of fused-ring (bicyclic) bond motifs is 3. The summed E-state index contributed by atoms with van der Waals surface area (Å²) in [6.45, 7) is 11.5. The van der Waals surface area contributed by atoms with E-state index in [0.29, 0.717) is 46.3 Å². The highest BCUT2D eigenvalue weighted by Crippen LogP contribution is 2.67. The lowest BCUT2D eigenvalue weighted by Crippen LogP contribution is -2.47. The van der Waals surface area contributed by atoms with Crippen molar-refractivity contribution in [2.24, 2.45) is 52.3 Å². The highest BCUT2D eigenvalue weighted by atomic mass is 127. The molecule has 45 heavy (non-hydrogen) atoms. The van der Waals surface area contributed by atoms with Gasteiger partial charge in [0.05, 0.1) is 0 Å². The van der Waals surface area contributed by atoms with Crippen LogP contribution in [0.25, 0.3) is 0 Å². The fourth-order valence-corrected chi connectivity index (χ4v) is 11.5. The van der Waals surface area contributed by atoms with Gasteiger partial charge in [-0.05, 0) is 143 Å². The van der Waals surface area contributed by atoms with E-state index in [2.05, 4.69) is 153 Å². The maximum absolute atomic E-state index is 4.08. The Labute approximate surface area is 287 Å². The first-order valence-corrected chi connectivity index (χ1v) is 19.1. The minimum Gasteiger partial charge on any atom is -0.103 e. The summed E-state index contributed by atoms with van der Waals surface area (Å²) in [6, 6.07) is 23.7. The van der Waals surface area contributed by atoms with Crippen molar-refractivity contribution >= 4 is 22.6 Å². The van der Waals surface area contributed by atoms with E-state index in [1.165, 1.54) is 54.9 Å². The van der Waals surface area contributed by atoms with Crippen LogP contribution in [-0.4, -0.2) is 0 Å². The molecular formula is C44H53I. The highest BCUT2D eigenvalue weighted by molar-refractivity contribution is 14.1. The Bertz CT molecular complexity index is 1440. The number of benzene rings is 2. The average Bonchev–Trinajstić information content (AvgIpc) is 3.53. The number of hydrogen-bond acceptors (Lipinski definition) is 0. The molecule has 5 aliphatic rings. The van der Waals surface area contributed by atoms with Crippen molar-refractivity contribution in [3.8, 4) is 0 Å². The summed E-state index contributed by atoms with van der Waals surface area (Å²) >= 11 is 2.60. The minimum atomic E-state index is -0.0546. The van der Waals surface area contributed by atoms with Crippen molar-refractivity contribution in [3.05, 3.63) is 130 Å². The monoisotopic (exact) mass is 708 g/mol. The zero-order chi connectivity index (χ0) is 31.2. The van der Waals surface area contributed by atoms with Gasteiger partial charge in [0.1, 0.15) is 0 Å². The van der Waals surface area contributed by atoms with Crippen LogP contribution in [0.2, 0.25) is 0 Å². The molecule has 0 nitrogen and oxygen atoms in total. The number of rotatable bonds is 11. The maximum Gasteiger partial charge on any atom is 0.0270 e. The molecule has 7 atom stereocenters. The van der Waals surface area contributed by atoms with E-state index >= 15 is 0 Å². The molecule has 236 valence electrons. The van der Waals surface area contributed by atoms with Gasteiger partial charge in [-0.15, -0.1) is 6.58 Å². The third-order valence-corrected chi connectivity index (χ3v) is 14.0. The lowest BCUT2D eigenvalue weighted by molar-refractivity contribution is 0.138. The van der Waals surface area contributed by atoms with Crippen LogP contribution in [-0.2, 0) is 5.41 Å². The second kappa shape index (κ2) is 12.5. The summed E-state index contributed by atoms with van der Waals surface area (Å²) < 4.78 is 1.42. The molecule has 0 aromatic heterocycles. The molecule has 0 radical (unpaired) electrons. The molecule has 5 aliphatic carbocycles. The second-order valence-corrected chi connectivity index (χ2v) is 17.1. The molecule has 3 saturated carbocycles. The van der Waals surface area contributed by atoms with Crippen LogP contribution in [0.1, 0.15) is 89.7 Å². The van der Waals surface area contributed by atoms with Gasteiger partial charge in [-0.1, -0.05) is 130 Å². The van der Waals surface area contributed by atoms with Crippen molar-refractivity contribution in [3.63, 3.8) is 0 Å². The summed E-state index contributed by atoms with van der Waals surface area (Å²) in [5.41, 5.74) is 5.47. The van der Waals surface area contributed by atoms with E-state index in [1.807, 2.05) is 0 Å². The molecule has 3 fully saturated rings. The quantitative estimate of drug-likeness (QED) is 0.161. The molecule has 7 rings (SSSR count). The van der Waals surface area contributed by atoms with E-state index in [9.17, 15) is 0 Å². The van der Waals surface area contributed by atoms with Crippen molar-refractivity contribution in [2.75, 3.05) is 0 Å². The van der Waals surface area contributed by atoms with Crippen LogP contribution in [0.4, 0.5) is 0 Å². The van der Waals surface area contributed by atoms with Gasteiger partial charge in [-0.25, -0.2) is 0 Å². The zero-order valence-electron chi connectivity index (χ0n) is 27.8. The number of hydrogen-bond donors (Lipinski definition) is 0. The van der Waals surface area contributed by atoms with Crippen molar-refractivity contribution in [1.82, 2.24) is 0 Å². The van der Waals surface area contributed by atoms with Crippen LogP contribution >= 0.6 is 22.6 Å². The third kappa shape index (κ3) is 5.41. The molecule has 7 unspecified atom stereocenters. The van der Waals surface area contributed by atoms with Crippen molar-refractivity contribution in [2.45, 2.75) is 84.0 Å². The molecule has 0 N–H and O–H groups in total. The average molecular weight is 709 g/mol. The molecule has 0 aliphatic heterocycles. The van der Waals surface area contributed by atoms with E-state index in [-0.39, 0.29) is 5.41 Å². The van der Waals surface area contributed by atoms with Crippen LogP contribution in [0, 0.1) is 52.3 Å². The summed E-state index contributed by atoms with van der Waals surface area (Å²) in [6.07, 6.45) is 29.6. The first-order valence-electron chi connectivity index (χ1n) is 18.0. The normalized spacial score (nSPS) is 31.6. The molecular weight excluding hydrogens is 655 g/mol. The first-order chi connectivity index (χ1) is 21.8. The Morgan fingerprint density at radius 1 is 0.822 bits per heavy atom. The van der Waals surface area contributed by atoms with Gasteiger partial charge in [0.2, 0.25) is 0 Å². The smallest absolute Gasteiger partial charge is 0.0270 e. The molecule has 0 bridgehead atoms. The Kier molecular flexibility index (Phi) is 8.72. The van der Waals surface area contributed by atoms with Gasteiger partial charge in [0.25, 0.3) is 0 Å². The number of halogens is 1. The van der Waals surface area contributed by atoms with E-state index in [0.717, 1.165) is 12.3 Å². The molecule has 2 aromatic rings. The zero-order valence-corrected chi connectivity index (χ0v) is 30.0. The summed E-state index contributed by atoms with van der Waals surface area (Å²) in [5.74, 6) is 4.01. The van der Waals surface area contributed by atoms with Gasteiger partial charge >= 0.3 is 0 Å². The fourth-order valence-electron chi connectivity index (χ4n) is 10.9. The van der Waals surface area contributed by atoms with Crippen molar-refractivity contribution < 1.29 is 0 Å². The van der Waals surface area contributed by atoms with Crippen LogP contribution in [0.15, 0.2) is 119 Å². The summed E-state index contributed by atoms with van der Waals surface area (Å²) in [5, 5.41) is 0. The molecule has 2 aromatic carbocycles. The molecule has 0 spiro atoms. The maximum atomic E-state index is 4.08. The SMILES string of the molecule is C=CCCC(C)(C)C1CCC(C(c2ccccc2)(c2ccccc2)C2C3C=C(I)C=CC3C3C=CC(C4(CCC)CC4)=CC32)C1. The van der Waals surface area contributed by atoms with Crippen LogP contribution in [0.5, 0.6) is 0 Å². The fraction of sp³-hybridized carbons (Fsp3) is 0.500. The number of allylic oxidation sites excluding steroid dienone is 9. The second-order valence-electron chi connectivity index (χ2n) is 15.9. The Morgan fingerprint density at radius 3 is 2.02 bits per heavy atom. The Hall–Kier alpha value is -2.13. The van der Waals surface area contributed by atoms with Gasteiger partial charge in [-0.2, -0.15) is 0 Å². The van der Waals surface area contributed by atoms with E-state index in [4.69, 9.17) is 0 Å². The predicted octanol–water partition coefficient (Wildman–Crippen LogP) is 12.4. The van der Waals surface area contributed by atoms with Gasteiger partial charge in [0, 0.05) is 8.99 Å². The summed E-state index contributed by atoms with van der Waals surface area (Å²) in [7, 11) is 0. The Morgan fingerprint density at radius 2 is 1.42 bits per heavy atom.